The molecule has 1 N–H and O–H groups in total. The zero-order valence-electron chi connectivity index (χ0n) is 14.9. The van der Waals surface area contributed by atoms with E-state index in [0.29, 0.717) is 11.3 Å². The first-order valence-electron chi connectivity index (χ1n) is 9.74. The first-order valence-corrected chi connectivity index (χ1v) is 9.74. The second kappa shape index (κ2) is 4.85. The van der Waals surface area contributed by atoms with E-state index in [4.69, 9.17) is 0 Å². The van der Waals surface area contributed by atoms with Gasteiger partial charge in [0, 0.05) is 0 Å². The van der Waals surface area contributed by atoms with E-state index < -0.39 is 0 Å². The number of rotatable bonds is 0. The van der Waals surface area contributed by atoms with Crippen LogP contribution in [0.5, 0.6) is 0 Å². The third-order valence-corrected chi connectivity index (χ3v) is 8.63. The second-order valence-electron chi connectivity index (χ2n) is 9.81. The van der Waals surface area contributed by atoms with Gasteiger partial charge < -0.3 is 5.11 Å². The molecule has 1 nitrogen and oxygen atoms in total. The van der Waals surface area contributed by atoms with E-state index in [2.05, 4.69) is 33.8 Å². The van der Waals surface area contributed by atoms with Gasteiger partial charge >= 0.3 is 0 Å². The van der Waals surface area contributed by atoms with Gasteiger partial charge in [0.2, 0.25) is 0 Å². The van der Waals surface area contributed by atoms with E-state index in [9.17, 15) is 5.11 Å². The summed E-state index contributed by atoms with van der Waals surface area (Å²) < 4.78 is 0. The predicted octanol–water partition coefficient (Wildman–Crippen LogP) is 5.19. The molecule has 0 bridgehead atoms. The van der Waals surface area contributed by atoms with Crippen LogP contribution in [0.25, 0.3) is 0 Å². The third-order valence-electron chi connectivity index (χ3n) is 8.63. The van der Waals surface area contributed by atoms with Crippen LogP contribution >= 0.6 is 0 Å². The molecule has 3 saturated carbocycles. The molecule has 0 heterocycles. The summed E-state index contributed by atoms with van der Waals surface area (Å²) in [5, 5.41) is 10.8. The topological polar surface area (TPSA) is 20.2 Å². The fraction of sp³-hybridized carbons (Fsp3) is 0.905. The van der Waals surface area contributed by atoms with Crippen molar-refractivity contribution in [1.82, 2.24) is 0 Å². The minimum Gasteiger partial charge on any atom is -0.392 e. The van der Waals surface area contributed by atoms with E-state index in [0.717, 1.165) is 23.7 Å². The van der Waals surface area contributed by atoms with E-state index in [1.54, 1.807) is 5.57 Å². The van der Waals surface area contributed by atoms with Crippen LogP contribution in [0.3, 0.4) is 0 Å². The molecular weight excluding hydrogens is 268 g/mol. The molecular formula is C21H34O. The van der Waals surface area contributed by atoms with Crippen LogP contribution in [0, 0.1) is 40.4 Å². The fourth-order valence-corrected chi connectivity index (χ4v) is 7.18. The molecule has 0 spiro atoms. The zero-order chi connectivity index (χ0) is 15.7. The van der Waals surface area contributed by atoms with Crippen LogP contribution in [0.1, 0.15) is 72.6 Å². The van der Waals surface area contributed by atoms with Crippen molar-refractivity contribution >= 4 is 0 Å². The molecule has 4 aliphatic carbocycles. The highest BCUT2D eigenvalue weighted by molar-refractivity contribution is 5.25. The van der Waals surface area contributed by atoms with Gasteiger partial charge in [-0.1, -0.05) is 39.3 Å². The Morgan fingerprint density at radius 2 is 1.86 bits per heavy atom. The molecule has 8 atom stereocenters. The minimum atomic E-state index is -0.0667. The molecule has 3 fully saturated rings. The van der Waals surface area contributed by atoms with Gasteiger partial charge in [-0.25, -0.2) is 0 Å². The molecule has 22 heavy (non-hydrogen) atoms. The summed E-state index contributed by atoms with van der Waals surface area (Å²) in [5.74, 6) is 3.86. The third kappa shape index (κ3) is 1.87. The molecule has 0 aliphatic heterocycles. The van der Waals surface area contributed by atoms with Crippen molar-refractivity contribution in [3.63, 3.8) is 0 Å². The van der Waals surface area contributed by atoms with Crippen LogP contribution in [0.15, 0.2) is 11.6 Å². The Labute approximate surface area is 136 Å². The van der Waals surface area contributed by atoms with Crippen molar-refractivity contribution in [3.8, 4) is 0 Å². The molecule has 4 aliphatic rings. The molecule has 0 radical (unpaired) electrons. The first kappa shape index (κ1) is 15.2. The van der Waals surface area contributed by atoms with Gasteiger partial charge in [0.25, 0.3) is 0 Å². The van der Waals surface area contributed by atoms with Gasteiger partial charge in [-0.15, -0.1) is 0 Å². The fourth-order valence-electron chi connectivity index (χ4n) is 7.18. The number of hydrogen-bond donors (Lipinski definition) is 1. The molecule has 0 saturated heterocycles. The standard InChI is InChI=1S/C21H34O/c1-13-7-9-20(3)15(11-13)5-6-16-17(20)8-10-21(4)18(16)12-14(2)19(21)22/h5,13-14,16-19,22H,6-12H2,1-4H3/t13-,14-,16?,17?,18?,19+,20+,21+/m1/s1. The maximum atomic E-state index is 10.8. The summed E-state index contributed by atoms with van der Waals surface area (Å²) in [6.45, 7) is 9.68. The molecule has 124 valence electrons. The Morgan fingerprint density at radius 1 is 1.09 bits per heavy atom. The summed E-state index contributed by atoms with van der Waals surface area (Å²) >= 11 is 0. The average Bonchev–Trinajstić information content (AvgIpc) is 2.72. The number of allylic oxidation sites excluding steroid dienone is 2. The van der Waals surface area contributed by atoms with Crippen LogP contribution in [0.4, 0.5) is 0 Å². The quantitative estimate of drug-likeness (QED) is 0.610. The number of aliphatic hydroxyl groups is 1. The SMILES string of the molecule is C[C@@H]1CC[C@@]2(C)C(=CCC3C2CC[C@@]2(C)C3C[C@@H](C)[C@@H]2O)C1. The summed E-state index contributed by atoms with van der Waals surface area (Å²) in [6.07, 6.45) is 11.9. The Bertz CT molecular complexity index is 494. The van der Waals surface area contributed by atoms with Gasteiger partial charge in [-0.05, 0) is 85.4 Å². The normalized spacial score (nSPS) is 57.6. The monoisotopic (exact) mass is 302 g/mol. The lowest BCUT2D eigenvalue weighted by Crippen LogP contribution is -2.50. The van der Waals surface area contributed by atoms with Crippen molar-refractivity contribution in [1.29, 1.82) is 0 Å². The van der Waals surface area contributed by atoms with Crippen LogP contribution < -0.4 is 0 Å². The maximum Gasteiger partial charge on any atom is 0.0622 e. The molecule has 4 rings (SSSR count). The lowest BCUT2D eigenvalue weighted by molar-refractivity contribution is -0.0713. The molecule has 1 heteroatoms. The number of hydrogen-bond acceptors (Lipinski definition) is 1. The highest BCUT2D eigenvalue weighted by Gasteiger charge is 2.59. The molecule has 3 unspecified atom stereocenters. The van der Waals surface area contributed by atoms with Crippen molar-refractivity contribution in [3.05, 3.63) is 11.6 Å². The minimum absolute atomic E-state index is 0.0667. The van der Waals surface area contributed by atoms with Gasteiger partial charge in [-0.2, -0.15) is 0 Å². The summed E-state index contributed by atoms with van der Waals surface area (Å²) in [5.41, 5.74) is 2.47. The maximum absolute atomic E-state index is 10.8. The van der Waals surface area contributed by atoms with E-state index in [-0.39, 0.29) is 11.5 Å². The summed E-state index contributed by atoms with van der Waals surface area (Å²) in [6, 6.07) is 0. The summed E-state index contributed by atoms with van der Waals surface area (Å²) in [4.78, 5) is 0. The lowest BCUT2D eigenvalue weighted by Gasteiger charge is -2.57. The zero-order valence-corrected chi connectivity index (χ0v) is 14.9. The van der Waals surface area contributed by atoms with Gasteiger partial charge in [0.1, 0.15) is 0 Å². The van der Waals surface area contributed by atoms with E-state index in [1.165, 1.54) is 44.9 Å². The Hall–Kier alpha value is -0.300. The van der Waals surface area contributed by atoms with E-state index in [1.807, 2.05) is 0 Å². The molecule has 0 aromatic rings. The number of fused-ring (bicyclic) bond motifs is 5. The highest BCUT2D eigenvalue weighted by Crippen LogP contribution is 2.65. The second-order valence-corrected chi connectivity index (χ2v) is 9.81. The van der Waals surface area contributed by atoms with Crippen LogP contribution in [-0.4, -0.2) is 11.2 Å². The van der Waals surface area contributed by atoms with Gasteiger partial charge in [-0.3, -0.25) is 0 Å². The largest absolute Gasteiger partial charge is 0.392 e. The van der Waals surface area contributed by atoms with Crippen molar-refractivity contribution < 1.29 is 5.11 Å². The van der Waals surface area contributed by atoms with Gasteiger partial charge in [0.15, 0.2) is 0 Å². The molecule has 0 aromatic carbocycles. The molecule has 0 aromatic heterocycles. The first-order chi connectivity index (χ1) is 10.4. The smallest absolute Gasteiger partial charge is 0.0622 e. The average molecular weight is 303 g/mol. The Kier molecular flexibility index (Phi) is 3.36. The lowest BCUT2D eigenvalue weighted by atomic mass is 9.47. The predicted molar refractivity (Wildman–Crippen MR) is 91.4 cm³/mol. The Balaban J connectivity index is 1.68. The van der Waals surface area contributed by atoms with Crippen molar-refractivity contribution in [2.24, 2.45) is 40.4 Å². The molecule has 0 amide bonds. The van der Waals surface area contributed by atoms with E-state index >= 15 is 0 Å². The highest BCUT2D eigenvalue weighted by atomic mass is 16.3. The van der Waals surface area contributed by atoms with Crippen LogP contribution in [0.2, 0.25) is 0 Å². The number of aliphatic hydroxyl groups excluding tert-OH is 1. The Morgan fingerprint density at radius 3 is 2.64 bits per heavy atom. The van der Waals surface area contributed by atoms with Gasteiger partial charge in [0.05, 0.1) is 6.10 Å². The van der Waals surface area contributed by atoms with Crippen LogP contribution in [-0.2, 0) is 0 Å². The van der Waals surface area contributed by atoms with Crippen molar-refractivity contribution in [2.75, 3.05) is 0 Å². The van der Waals surface area contributed by atoms with Crippen molar-refractivity contribution in [2.45, 2.75) is 78.7 Å². The summed E-state index contributed by atoms with van der Waals surface area (Å²) in [7, 11) is 0.